The molecule has 21 heavy (non-hydrogen) atoms. The van der Waals surface area contributed by atoms with Crippen molar-refractivity contribution in [3.05, 3.63) is 20.8 Å². The molecule has 1 aliphatic carbocycles. The Kier molecular flexibility index (Phi) is 4.56. The molecule has 2 aromatic rings. The Morgan fingerprint density at radius 3 is 2.90 bits per heavy atom. The van der Waals surface area contributed by atoms with E-state index in [1.54, 1.807) is 11.8 Å². The van der Waals surface area contributed by atoms with Crippen LogP contribution in [0.2, 0.25) is 0 Å². The molecule has 0 bridgehead atoms. The molecule has 0 radical (unpaired) electrons. The fourth-order valence-corrected chi connectivity index (χ4v) is 6.89. The van der Waals surface area contributed by atoms with Gasteiger partial charge >= 0.3 is 10.7 Å². The van der Waals surface area contributed by atoms with Crippen LogP contribution >= 0.6 is 39.0 Å². The molecular weight excluding hydrogens is 436 g/mol. The number of rotatable bonds is 1. The molecule has 0 amide bonds. The van der Waals surface area contributed by atoms with Crippen molar-refractivity contribution in [3.63, 3.8) is 0 Å². The van der Waals surface area contributed by atoms with Crippen molar-refractivity contribution >= 4 is 49.2 Å². The van der Waals surface area contributed by atoms with Crippen LogP contribution in [0.5, 0.6) is 0 Å². The van der Waals surface area contributed by atoms with Crippen molar-refractivity contribution in [1.29, 1.82) is 0 Å². The second-order valence-corrected chi connectivity index (χ2v) is 8.25. The summed E-state index contributed by atoms with van der Waals surface area (Å²) in [5.41, 5.74) is 1.55. The van der Waals surface area contributed by atoms with E-state index in [-0.39, 0.29) is 22.5 Å². The monoisotopic (exact) mass is 450 g/mol. The quantitative estimate of drug-likeness (QED) is 0.341. The summed E-state index contributed by atoms with van der Waals surface area (Å²) in [7, 11) is 1.92. The van der Waals surface area contributed by atoms with Gasteiger partial charge in [-0.15, -0.1) is 0 Å². The first-order chi connectivity index (χ1) is 9.72. The number of halogens is 2. The highest BCUT2D eigenvalue weighted by atomic mass is 79.9. The summed E-state index contributed by atoms with van der Waals surface area (Å²) >= 11 is 7.30. The Morgan fingerprint density at radius 1 is 1.38 bits per heavy atom. The third kappa shape index (κ3) is 2.26. The maximum Gasteiger partial charge on any atom is 0.346 e. The van der Waals surface area contributed by atoms with Crippen LogP contribution in [0, 0.1) is 0 Å². The van der Waals surface area contributed by atoms with Gasteiger partial charge in [0.05, 0.1) is 7.05 Å². The van der Waals surface area contributed by atoms with Crippen LogP contribution in [0.4, 0.5) is 0 Å². The van der Waals surface area contributed by atoms with E-state index in [0.717, 1.165) is 34.5 Å². The minimum absolute atomic E-state index is 0. The normalized spacial score (nSPS) is 20.2. The van der Waals surface area contributed by atoms with Crippen molar-refractivity contribution in [3.8, 4) is 0 Å². The molecule has 7 heteroatoms. The van der Waals surface area contributed by atoms with Gasteiger partial charge in [-0.3, -0.25) is 0 Å². The summed E-state index contributed by atoms with van der Waals surface area (Å²) in [5.74, 6) is 1.06. The number of nitrogens with zero attached hydrogens (tertiary/aromatic N) is 2. The lowest BCUT2D eigenvalue weighted by Crippen LogP contribution is -3.00. The highest BCUT2D eigenvalue weighted by molar-refractivity contribution is 9.09. The number of hydrogen-bond acceptors (Lipinski definition) is 3. The first kappa shape index (κ1) is 16.0. The van der Waals surface area contributed by atoms with E-state index < -0.39 is 0 Å². The minimum atomic E-state index is 0. The Hall–Kier alpha value is 0.150. The molecule has 0 saturated heterocycles. The number of fused-ring (bicyclic) bond motifs is 5. The van der Waals surface area contributed by atoms with Crippen LogP contribution in [0.25, 0.3) is 10.2 Å². The highest BCUT2D eigenvalue weighted by Gasteiger charge is 2.36. The molecule has 2 aromatic heterocycles. The molecule has 0 saturated carbocycles. The summed E-state index contributed by atoms with van der Waals surface area (Å²) in [4.78, 5) is 15.4. The first-order valence-electron chi connectivity index (χ1n) is 7.00. The van der Waals surface area contributed by atoms with Gasteiger partial charge < -0.3 is 17.0 Å². The highest BCUT2D eigenvalue weighted by Crippen LogP contribution is 2.36. The third-order valence-electron chi connectivity index (χ3n) is 4.33. The molecule has 0 spiro atoms. The maximum atomic E-state index is 12.7. The second-order valence-electron chi connectivity index (χ2n) is 5.53. The minimum Gasteiger partial charge on any atom is -1.00 e. The maximum absolute atomic E-state index is 12.7. The number of alkyl halides is 1. The van der Waals surface area contributed by atoms with Gasteiger partial charge in [-0.05, 0) is 43.0 Å². The summed E-state index contributed by atoms with van der Waals surface area (Å²) < 4.78 is 4.26. The molecule has 114 valence electrons. The van der Waals surface area contributed by atoms with E-state index in [4.69, 9.17) is 0 Å². The molecule has 0 fully saturated rings. The van der Waals surface area contributed by atoms with Gasteiger partial charge in [0.2, 0.25) is 0 Å². The number of aryl methyl sites for hydroxylation is 2. The molecule has 0 N–H and O–H groups in total. The number of aromatic nitrogens is 2. The van der Waals surface area contributed by atoms with Gasteiger partial charge in [0.1, 0.15) is 11.4 Å². The molecule has 3 heterocycles. The third-order valence-corrected chi connectivity index (χ3v) is 7.65. The molecule has 3 nitrogen and oxygen atoms in total. The van der Waals surface area contributed by atoms with E-state index in [1.165, 1.54) is 28.1 Å². The topological polar surface area (TPSA) is 25.9 Å². The molecule has 1 aliphatic heterocycles. The van der Waals surface area contributed by atoms with Crippen molar-refractivity contribution in [2.75, 3.05) is 11.1 Å². The number of hydrogen-bond donors (Lipinski definition) is 0. The van der Waals surface area contributed by atoms with E-state index >= 15 is 0 Å². The van der Waals surface area contributed by atoms with Gasteiger partial charge in [-0.1, -0.05) is 27.3 Å². The molecule has 2 aliphatic rings. The van der Waals surface area contributed by atoms with Crippen molar-refractivity contribution in [1.82, 2.24) is 4.57 Å². The predicted octanol–water partition coefficient (Wildman–Crippen LogP) is -0.188. The summed E-state index contributed by atoms with van der Waals surface area (Å²) in [6.07, 6.45) is 4.72. The zero-order chi connectivity index (χ0) is 13.9. The lowest BCUT2D eigenvalue weighted by atomic mass is 9.97. The Bertz CT molecular complexity index is 769. The van der Waals surface area contributed by atoms with Gasteiger partial charge in [0, 0.05) is 16.0 Å². The largest absolute Gasteiger partial charge is 1.00 e. The Morgan fingerprint density at radius 2 is 2.14 bits per heavy atom. The average Bonchev–Trinajstić information content (AvgIpc) is 3.05. The number of thioether (sulfide) groups is 1. The Labute approximate surface area is 150 Å². The smallest absolute Gasteiger partial charge is 0.346 e. The van der Waals surface area contributed by atoms with Crippen molar-refractivity contribution in [2.24, 2.45) is 7.05 Å². The van der Waals surface area contributed by atoms with Crippen LogP contribution in [-0.2, 0) is 19.9 Å². The van der Waals surface area contributed by atoms with E-state index in [9.17, 15) is 4.79 Å². The van der Waals surface area contributed by atoms with E-state index in [2.05, 4.69) is 20.5 Å². The van der Waals surface area contributed by atoms with Crippen LogP contribution < -0.4 is 27.1 Å². The first-order valence-corrected chi connectivity index (χ1v) is 9.92. The zero-order valence-corrected chi connectivity index (χ0v) is 16.5. The standard InChI is InChI=1S/C14H16BrN2OS2.BrH/c1-16-12(18)11-9-4-2-3-5-10(9)20-13(11)17-8(6-15)7-19-14(16)17;/h8H,2-7H2,1H3;1H/q+1;/p-1. The second kappa shape index (κ2) is 5.98. The lowest BCUT2D eigenvalue weighted by molar-refractivity contribution is -0.722. The number of thiophene rings is 1. The molecule has 1 atom stereocenters. The molecular formula is C14H16Br2N2OS2. The molecule has 0 aromatic carbocycles. The van der Waals surface area contributed by atoms with E-state index in [0.29, 0.717) is 6.04 Å². The summed E-state index contributed by atoms with van der Waals surface area (Å²) in [5, 5.41) is 3.07. The fraction of sp³-hybridized carbons (Fsp3) is 0.571. The van der Waals surface area contributed by atoms with Gasteiger partial charge in [0.25, 0.3) is 0 Å². The van der Waals surface area contributed by atoms with Gasteiger partial charge in [0.15, 0.2) is 4.83 Å². The fourth-order valence-electron chi connectivity index (χ4n) is 3.29. The van der Waals surface area contributed by atoms with Gasteiger partial charge in [-0.2, -0.15) is 4.57 Å². The van der Waals surface area contributed by atoms with Crippen LogP contribution in [0.1, 0.15) is 29.3 Å². The summed E-state index contributed by atoms with van der Waals surface area (Å²) in [6.45, 7) is 0. The predicted molar refractivity (Wildman–Crippen MR) is 87.5 cm³/mol. The van der Waals surface area contributed by atoms with Crippen LogP contribution in [-0.4, -0.2) is 15.7 Å². The Balaban J connectivity index is 0.00000132. The van der Waals surface area contributed by atoms with Crippen LogP contribution in [0.15, 0.2) is 9.95 Å². The summed E-state index contributed by atoms with van der Waals surface area (Å²) in [6, 6.07) is 0.462. The lowest BCUT2D eigenvalue weighted by Gasteiger charge is -2.09. The van der Waals surface area contributed by atoms with Crippen molar-refractivity contribution in [2.45, 2.75) is 36.9 Å². The van der Waals surface area contributed by atoms with Crippen molar-refractivity contribution < 1.29 is 21.5 Å². The average molecular weight is 452 g/mol. The van der Waals surface area contributed by atoms with E-state index in [1.807, 2.05) is 23.0 Å². The zero-order valence-electron chi connectivity index (χ0n) is 11.7. The van der Waals surface area contributed by atoms with Crippen LogP contribution in [0.3, 0.4) is 0 Å². The van der Waals surface area contributed by atoms with Gasteiger partial charge in [-0.25, -0.2) is 9.36 Å². The SMILES string of the molecule is Cn1c2[n+](c3sc4c(c3c1=O)CCCC4)C(CBr)CS2.[Br-]. The molecule has 4 rings (SSSR count). The molecule has 1 unspecified atom stereocenters.